The number of hydrogen-bond acceptors (Lipinski definition) is 6. The molecule has 0 saturated carbocycles. The zero-order chi connectivity index (χ0) is 22.5. The van der Waals surface area contributed by atoms with E-state index in [0.717, 1.165) is 18.7 Å². The van der Waals surface area contributed by atoms with Crippen molar-refractivity contribution in [1.29, 1.82) is 5.41 Å². The molecule has 1 amide bonds. The van der Waals surface area contributed by atoms with E-state index in [4.69, 9.17) is 27.5 Å². The number of anilines is 2. The van der Waals surface area contributed by atoms with Crippen LogP contribution >= 0.6 is 11.6 Å². The van der Waals surface area contributed by atoms with Gasteiger partial charge in [-0.25, -0.2) is 0 Å². The molecule has 32 heavy (non-hydrogen) atoms. The lowest BCUT2D eigenvalue weighted by atomic mass is 10.0. The number of nitrogens with one attached hydrogen (secondary N) is 2. The third-order valence-electron chi connectivity index (χ3n) is 5.32. The molecule has 1 aliphatic rings. The summed E-state index contributed by atoms with van der Waals surface area (Å²) in [6.45, 7) is 2.44. The lowest BCUT2D eigenvalue weighted by Crippen LogP contribution is -2.47. The molecule has 0 bridgehead atoms. The van der Waals surface area contributed by atoms with Gasteiger partial charge in [-0.1, -0.05) is 23.7 Å². The van der Waals surface area contributed by atoms with Crippen LogP contribution in [0, 0.1) is 5.41 Å². The monoisotopic (exact) mass is 449 g/mol. The Hall–Kier alpha value is -3.26. The Bertz CT molecular complexity index is 1110. The molecule has 3 aromatic rings. The highest BCUT2D eigenvalue weighted by atomic mass is 35.5. The van der Waals surface area contributed by atoms with Crippen molar-refractivity contribution in [2.45, 2.75) is 12.6 Å². The topological polar surface area (TPSA) is 104 Å². The minimum Gasteiger partial charge on any atom is -0.398 e. The van der Waals surface area contributed by atoms with Crippen molar-refractivity contribution >= 4 is 34.6 Å². The van der Waals surface area contributed by atoms with E-state index in [1.165, 1.54) is 0 Å². The molecule has 0 radical (unpaired) electrons. The Morgan fingerprint density at radius 2 is 1.94 bits per heavy atom. The number of carbonyl (C=O) groups excluding carboxylic acids is 1. The fourth-order valence-corrected chi connectivity index (χ4v) is 3.73. The van der Waals surface area contributed by atoms with Crippen molar-refractivity contribution in [3.05, 3.63) is 88.7 Å². The standard InChI is InChI=1S/C24H24ClN5O2/c25-18-3-1-16(2-4-18)14-30-11-12-32-22(15-30)24(31)29-19-5-6-21(26)20(13-19)23(27)17-7-9-28-10-8-17/h1-10,13,22,27H,11-12,14-15,26H2,(H,29,31). The van der Waals surface area contributed by atoms with Crippen LogP contribution in [0.5, 0.6) is 0 Å². The number of pyridine rings is 1. The summed E-state index contributed by atoms with van der Waals surface area (Å²) < 4.78 is 5.72. The summed E-state index contributed by atoms with van der Waals surface area (Å²) in [7, 11) is 0. The summed E-state index contributed by atoms with van der Waals surface area (Å²) in [6, 6.07) is 16.3. The van der Waals surface area contributed by atoms with Crippen molar-refractivity contribution in [3.63, 3.8) is 0 Å². The van der Waals surface area contributed by atoms with Crippen LogP contribution in [-0.4, -0.2) is 47.3 Å². The number of nitrogen functional groups attached to an aromatic ring is 1. The van der Waals surface area contributed by atoms with Gasteiger partial charge in [-0.15, -0.1) is 0 Å². The van der Waals surface area contributed by atoms with Gasteiger partial charge in [-0.05, 0) is 48.0 Å². The van der Waals surface area contributed by atoms with Gasteiger partial charge < -0.3 is 15.8 Å². The van der Waals surface area contributed by atoms with Crippen LogP contribution in [0.2, 0.25) is 5.02 Å². The van der Waals surface area contributed by atoms with Crippen molar-refractivity contribution in [1.82, 2.24) is 9.88 Å². The molecule has 1 aliphatic heterocycles. The number of amides is 1. The van der Waals surface area contributed by atoms with Crippen LogP contribution in [0.1, 0.15) is 16.7 Å². The van der Waals surface area contributed by atoms with E-state index < -0.39 is 6.10 Å². The summed E-state index contributed by atoms with van der Waals surface area (Å²) in [5.41, 5.74) is 9.77. The SMILES string of the molecule is N=C(c1ccncc1)c1cc(NC(=O)C2CN(Cc3ccc(Cl)cc3)CCO2)ccc1N. The Kier molecular flexibility index (Phi) is 6.80. The molecule has 7 nitrogen and oxygen atoms in total. The van der Waals surface area contributed by atoms with E-state index in [2.05, 4.69) is 15.2 Å². The van der Waals surface area contributed by atoms with Crippen molar-refractivity contribution in [3.8, 4) is 0 Å². The number of halogens is 1. The molecule has 0 spiro atoms. The highest BCUT2D eigenvalue weighted by molar-refractivity contribution is 6.30. The van der Waals surface area contributed by atoms with Crippen LogP contribution in [0.15, 0.2) is 67.0 Å². The van der Waals surface area contributed by atoms with Crippen LogP contribution in [0.3, 0.4) is 0 Å². The first-order chi connectivity index (χ1) is 15.5. The van der Waals surface area contributed by atoms with E-state index in [0.29, 0.717) is 40.7 Å². The van der Waals surface area contributed by atoms with Crippen molar-refractivity contribution in [2.24, 2.45) is 0 Å². The summed E-state index contributed by atoms with van der Waals surface area (Å²) in [6.07, 6.45) is 2.67. The molecule has 1 fully saturated rings. The minimum absolute atomic E-state index is 0.225. The lowest BCUT2D eigenvalue weighted by molar-refractivity contribution is -0.133. The average Bonchev–Trinajstić information content (AvgIpc) is 2.82. The number of nitrogens with zero attached hydrogens (tertiary/aromatic N) is 2. The quantitative estimate of drug-likeness (QED) is 0.394. The van der Waals surface area contributed by atoms with Gasteiger partial charge in [0.1, 0.15) is 6.10 Å². The molecule has 1 saturated heterocycles. The zero-order valence-corrected chi connectivity index (χ0v) is 18.2. The summed E-state index contributed by atoms with van der Waals surface area (Å²) in [4.78, 5) is 19.0. The molecule has 1 aromatic heterocycles. The molecule has 1 unspecified atom stereocenters. The van der Waals surface area contributed by atoms with E-state index >= 15 is 0 Å². The molecule has 4 N–H and O–H groups in total. The van der Waals surface area contributed by atoms with E-state index in [-0.39, 0.29) is 11.6 Å². The van der Waals surface area contributed by atoms with Gasteiger partial charge in [0.15, 0.2) is 0 Å². The fourth-order valence-electron chi connectivity index (χ4n) is 3.60. The van der Waals surface area contributed by atoms with Gasteiger partial charge in [-0.3, -0.25) is 20.1 Å². The first-order valence-electron chi connectivity index (χ1n) is 10.3. The molecule has 164 valence electrons. The van der Waals surface area contributed by atoms with Crippen molar-refractivity contribution < 1.29 is 9.53 Å². The smallest absolute Gasteiger partial charge is 0.254 e. The number of carbonyl (C=O) groups is 1. The lowest BCUT2D eigenvalue weighted by Gasteiger charge is -2.32. The molecule has 4 rings (SSSR count). The molecular weight excluding hydrogens is 426 g/mol. The fraction of sp³-hybridized carbons (Fsp3) is 0.208. The Morgan fingerprint density at radius 3 is 2.69 bits per heavy atom. The number of ether oxygens (including phenoxy) is 1. The average molecular weight is 450 g/mol. The van der Waals surface area contributed by atoms with Gasteiger partial charge in [0.25, 0.3) is 5.91 Å². The zero-order valence-electron chi connectivity index (χ0n) is 17.4. The largest absolute Gasteiger partial charge is 0.398 e. The van der Waals surface area contributed by atoms with Crippen molar-refractivity contribution in [2.75, 3.05) is 30.7 Å². The van der Waals surface area contributed by atoms with E-state index in [1.807, 2.05) is 24.3 Å². The summed E-state index contributed by atoms with van der Waals surface area (Å²) in [5, 5.41) is 12.1. The predicted octanol–water partition coefficient (Wildman–Crippen LogP) is 3.57. The highest BCUT2D eigenvalue weighted by Gasteiger charge is 2.27. The number of benzene rings is 2. The molecule has 8 heteroatoms. The maximum atomic E-state index is 12.9. The third kappa shape index (κ3) is 5.31. The van der Waals surface area contributed by atoms with E-state index in [1.54, 1.807) is 42.7 Å². The molecule has 2 aromatic carbocycles. The second-order valence-corrected chi connectivity index (χ2v) is 8.06. The molecular formula is C24H24ClN5O2. The third-order valence-corrected chi connectivity index (χ3v) is 5.57. The number of aromatic nitrogens is 1. The Labute approximate surface area is 191 Å². The molecule has 1 atom stereocenters. The minimum atomic E-state index is -0.586. The maximum Gasteiger partial charge on any atom is 0.254 e. The number of nitrogens with two attached hydrogens (primary N) is 1. The summed E-state index contributed by atoms with van der Waals surface area (Å²) in [5.74, 6) is -0.225. The van der Waals surface area contributed by atoms with Crippen LogP contribution in [-0.2, 0) is 16.1 Å². The van der Waals surface area contributed by atoms with E-state index in [9.17, 15) is 4.79 Å². The highest BCUT2D eigenvalue weighted by Crippen LogP contribution is 2.22. The normalized spacial score (nSPS) is 16.5. The van der Waals surface area contributed by atoms with Gasteiger partial charge in [0, 0.05) is 59.6 Å². The Balaban J connectivity index is 1.42. The molecule has 0 aliphatic carbocycles. The van der Waals surface area contributed by atoms with Gasteiger partial charge in [-0.2, -0.15) is 0 Å². The van der Waals surface area contributed by atoms with Crippen LogP contribution in [0.4, 0.5) is 11.4 Å². The van der Waals surface area contributed by atoms with Crippen LogP contribution < -0.4 is 11.1 Å². The predicted molar refractivity (Wildman–Crippen MR) is 126 cm³/mol. The first kappa shape index (κ1) is 22.0. The second-order valence-electron chi connectivity index (χ2n) is 7.62. The Morgan fingerprint density at radius 1 is 1.19 bits per heavy atom. The van der Waals surface area contributed by atoms with Gasteiger partial charge in [0.2, 0.25) is 0 Å². The molecule has 2 heterocycles. The van der Waals surface area contributed by atoms with Gasteiger partial charge >= 0.3 is 0 Å². The maximum absolute atomic E-state index is 12.9. The number of morpholine rings is 1. The first-order valence-corrected chi connectivity index (χ1v) is 10.7. The number of hydrogen-bond donors (Lipinski definition) is 3. The second kappa shape index (κ2) is 9.91. The van der Waals surface area contributed by atoms with Gasteiger partial charge in [0.05, 0.1) is 12.3 Å². The number of rotatable bonds is 6. The van der Waals surface area contributed by atoms with Crippen LogP contribution in [0.25, 0.3) is 0 Å². The summed E-state index contributed by atoms with van der Waals surface area (Å²) >= 11 is 5.96.